The van der Waals surface area contributed by atoms with Crippen LogP contribution in [0.2, 0.25) is 0 Å². The average molecular weight is 283 g/mol. The molecule has 1 aliphatic carbocycles. The largest absolute Gasteiger partial charge is 0.329 e. The predicted octanol–water partition coefficient (Wildman–Crippen LogP) is 3.50. The second kappa shape index (κ2) is 6.54. The fourth-order valence-corrected chi connectivity index (χ4v) is 3.65. The van der Waals surface area contributed by atoms with Gasteiger partial charge in [0.25, 0.3) is 0 Å². The van der Waals surface area contributed by atoms with Crippen LogP contribution in [-0.4, -0.2) is 29.5 Å². The number of rotatable bonds is 4. The zero-order valence-corrected chi connectivity index (χ0v) is 12.8. The summed E-state index contributed by atoms with van der Waals surface area (Å²) < 4.78 is 0. The maximum Gasteiger partial charge on any atom is 0.0750 e. The molecule has 0 amide bonds. The van der Waals surface area contributed by atoms with Crippen molar-refractivity contribution in [2.45, 2.75) is 44.2 Å². The average Bonchev–Trinajstić information content (AvgIpc) is 2.56. The van der Waals surface area contributed by atoms with Crippen molar-refractivity contribution in [3.05, 3.63) is 42.1 Å². The molecule has 1 heterocycles. The lowest BCUT2D eigenvalue weighted by Gasteiger charge is -2.37. The summed E-state index contributed by atoms with van der Waals surface area (Å²) in [5, 5.41) is 1.20. The van der Waals surface area contributed by atoms with Crippen LogP contribution in [0.1, 0.15) is 43.7 Å². The third-order valence-electron chi connectivity index (χ3n) is 4.89. The number of fused-ring (bicyclic) bond motifs is 1. The van der Waals surface area contributed by atoms with Crippen molar-refractivity contribution in [3.63, 3.8) is 0 Å². The van der Waals surface area contributed by atoms with Crippen LogP contribution in [0.15, 0.2) is 36.5 Å². The van der Waals surface area contributed by atoms with E-state index in [1.807, 2.05) is 12.3 Å². The summed E-state index contributed by atoms with van der Waals surface area (Å²) in [5.74, 6) is 0. The Morgan fingerprint density at radius 3 is 2.71 bits per heavy atom. The van der Waals surface area contributed by atoms with Gasteiger partial charge in [0.15, 0.2) is 0 Å². The fourth-order valence-electron chi connectivity index (χ4n) is 3.65. The van der Waals surface area contributed by atoms with Crippen LogP contribution in [0.5, 0.6) is 0 Å². The molecule has 112 valence electrons. The lowest BCUT2D eigenvalue weighted by Crippen LogP contribution is -2.39. The summed E-state index contributed by atoms with van der Waals surface area (Å²) in [4.78, 5) is 7.08. The van der Waals surface area contributed by atoms with Crippen molar-refractivity contribution < 1.29 is 0 Å². The number of likely N-dealkylation sites (N-methyl/N-ethyl adjacent to an activating group) is 1. The summed E-state index contributed by atoms with van der Waals surface area (Å²) in [6, 6.07) is 11.5. The zero-order chi connectivity index (χ0) is 14.7. The Labute approximate surface area is 127 Å². The van der Waals surface area contributed by atoms with Gasteiger partial charge in [-0.15, -0.1) is 0 Å². The number of nitrogens with two attached hydrogens (primary N) is 1. The topological polar surface area (TPSA) is 42.1 Å². The number of hydrogen-bond donors (Lipinski definition) is 1. The van der Waals surface area contributed by atoms with Crippen molar-refractivity contribution in [1.29, 1.82) is 0 Å². The standard InChI is InChI=1S/C18H25N3/c1-21(15-9-3-2-4-10-15)17(13-19)16-11-5-7-14-8-6-12-20-18(14)16/h5-8,11-12,15,17H,2-4,9-10,13,19H2,1H3. The number of nitrogens with zero attached hydrogens (tertiary/aromatic N) is 2. The minimum absolute atomic E-state index is 0.256. The third kappa shape index (κ3) is 2.94. The number of pyridine rings is 1. The summed E-state index contributed by atoms with van der Waals surface area (Å²) in [6.07, 6.45) is 8.55. The van der Waals surface area contributed by atoms with Crippen molar-refractivity contribution in [1.82, 2.24) is 9.88 Å². The highest BCUT2D eigenvalue weighted by atomic mass is 15.2. The lowest BCUT2D eigenvalue weighted by molar-refractivity contribution is 0.141. The molecular formula is C18H25N3. The Kier molecular flexibility index (Phi) is 4.51. The Balaban J connectivity index is 1.94. The SMILES string of the molecule is CN(C1CCCCC1)C(CN)c1cccc2cccnc12. The van der Waals surface area contributed by atoms with Gasteiger partial charge < -0.3 is 5.73 Å². The minimum Gasteiger partial charge on any atom is -0.329 e. The molecule has 1 aliphatic rings. The molecule has 2 aromatic rings. The van der Waals surface area contributed by atoms with Crippen molar-refractivity contribution in [3.8, 4) is 0 Å². The first-order valence-electron chi connectivity index (χ1n) is 8.07. The molecule has 2 N–H and O–H groups in total. The first kappa shape index (κ1) is 14.5. The van der Waals surface area contributed by atoms with Gasteiger partial charge in [-0.25, -0.2) is 0 Å². The van der Waals surface area contributed by atoms with E-state index < -0.39 is 0 Å². The minimum atomic E-state index is 0.256. The second-order valence-electron chi connectivity index (χ2n) is 6.13. The van der Waals surface area contributed by atoms with E-state index in [9.17, 15) is 0 Å². The van der Waals surface area contributed by atoms with Crippen LogP contribution < -0.4 is 5.73 Å². The molecule has 3 heteroatoms. The molecular weight excluding hydrogens is 258 g/mol. The summed E-state index contributed by atoms with van der Waals surface area (Å²) >= 11 is 0. The molecule has 3 rings (SSSR count). The van der Waals surface area contributed by atoms with E-state index in [4.69, 9.17) is 5.73 Å². The number of para-hydroxylation sites is 1. The number of aromatic nitrogens is 1. The Bertz CT molecular complexity index is 585. The van der Waals surface area contributed by atoms with E-state index in [0.717, 1.165) is 5.52 Å². The summed E-state index contributed by atoms with van der Waals surface area (Å²) in [6.45, 7) is 0.642. The van der Waals surface area contributed by atoms with Gasteiger partial charge in [0.2, 0.25) is 0 Å². The van der Waals surface area contributed by atoms with Crippen LogP contribution in [0, 0.1) is 0 Å². The maximum atomic E-state index is 6.13. The number of benzene rings is 1. The van der Waals surface area contributed by atoms with E-state index in [0.29, 0.717) is 12.6 Å². The fraction of sp³-hybridized carbons (Fsp3) is 0.500. The van der Waals surface area contributed by atoms with Gasteiger partial charge in [-0.1, -0.05) is 43.5 Å². The van der Waals surface area contributed by atoms with Gasteiger partial charge in [0.05, 0.1) is 5.52 Å². The van der Waals surface area contributed by atoms with E-state index in [-0.39, 0.29) is 6.04 Å². The Morgan fingerprint density at radius 2 is 1.95 bits per heavy atom. The smallest absolute Gasteiger partial charge is 0.0750 e. The van der Waals surface area contributed by atoms with Crippen LogP contribution in [-0.2, 0) is 0 Å². The molecule has 1 fully saturated rings. The first-order valence-corrected chi connectivity index (χ1v) is 8.07. The van der Waals surface area contributed by atoms with E-state index in [1.165, 1.54) is 43.1 Å². The Hall–Kier alpha value is -1.45. The lowest BCUT2D eigenvalue weighted by atomic mass is 9.92. The molecule has 0 radical (unpaired) electrons. The molecule has 1 saturated carbocycles. The van der Waals surface area contributed by atoms with Crippen LogP contribution in [0.3, 0.4) is 0 Å². The van der Waals surface area contributed by atoms with Crippen molar-refractivity contribution >= 4 is 10.9 Å². The molecule has 0 saturated heterocycles. The van der Waals surface area contributed by atoms with E-state index in [1.54, 1.807) is 0 Å². The van der Waals surface area contributed by atoms with Gasteiger partial charge in [-0.2, -0.15) is 0 Å². The van der Waals surface area contributed by atoms with Gasteiger partial charge in [0, 0.05) is 30.2 Å². The first-order chi connectivity index (χ1) is 10.3. The highest BCUT2D eigenvalue weighted by molar-refractivity contribution is 5.82. The van der Waals surface area contributed by atoms with Gasteiger partial charge in [-0.05, 0) is 31.5 Å². The second-order valence-corrected chi connectivity index (χ2v) is 6.13. The molecule has 1 atom stereocenters. The molecule has 1 aromatic carbocycles. The molecule has 0 spiro atoms. The van der Waals surface area contributed by atoms with Crippen LogP contribution >= 0.6 is 0 Å². The van der Waals surface area contributed by atoms with Crippen LogP contribution in [0.25, 0.3) is 10.9 Å². The van der Waals surface area contributed by atoms with Crippen LogP contribution in [0.4, 0.5) is 0 Å². The summed E-state index contributed by atoms with van der Waals surface area (Å²) in [5.41, 5.74) is 8.50. The molecule has 0 bridgehead atoms. The molecule has 3 nitrogen and oxygen atoms in total. The highest BCUT2D eigenvalue weighted by Crippen LogP contribution is 2.31. The quantitative estimate of drug-likeness (QED) is 0.934. The molecule has 1 aromatic heterocycles. The maximum absolute atomic E-state index is 6.13. The van der Waals surface area contributed by atoms with Crippen molar-refractivity contribution in [2.75, 3.05) is 13.6 Å². The molecule has 21 heavy (non-hydrogen) atoms. The molecule has 0 aliphatic heterocycles. The number of hydrogen-bond acceptors (Lipinski definition) is 3. The van der Waals surface area contributed by atoms with Gasteiger partial charge in [-0.3, -0.25) is 9.88 Å². The van der Waals surface area contributed by atoms with E-state index in [2.05, 4.69) is 41.2 Å². The molecule has 1 unspecified atom stereocenters. The third-order valence-corrected chi connectivity index (χ3v) is 4.89. The highest BCUT2D eigenvalue weighted by Gasteiger charge is 2.26. The summed E-state index contributed by atoms with van der Waals surface area (Å²) in [7, 11) is 2.23. The van der Waals surface area contributed by atoms with Crippen molar-refractivity contribution in [2.24, 2.45) is 5.73 Å². The monoisotopic (exact) mass is 283 g/mol. The zero-order valence-electron chi connectivity index (χ0n) is 12.8. The normalized spacial score (nSPS) is 18.2. The van der Waals surface area contributed by atoms with Gasteiger partial charge in [0.1, 0.15) is 0 Å². The van der Waals surface area contributed by atoms with E-state index >= 15 is 0 Å². The Morgan fingerprint density at radius 1 is 1.19 bits per heavy atom. The van der Waals surface area contributed by atoms with Gasteiger partial charge >= 0.3 is 0 Å². The predicted molar refractivity (Wildman–Crippen MR) is 88.2 cm³/mol.